The number of amides is 1. The second-order valence-electron chi connectivity index (χ2n) is 8.76. The molecular formula is C26H28FN3O4. The molecule has 0 radical (unpaired) electrons. The number of nitrogens with zero attached hydrogens (tertiary/aromatic N) is 1. The summed E-state index contributed by atoms with van der Waals surface area (Å²) in [4.78, 5) is 17.1. The van der Waals surface area contributed by atoms with Crippen LogP contribution >= 0.6 is 0 Å². The van der Waals surface area contributed by atoms with Crippen LogP contribution in [-0.4, -0.2) is 37.3 Å². The fraction of sp³-hybridized carbons (Fsp3) is 0.385. The van der Waals surface area contributed by atoms with Gasteiger partial charge in [-0.3, -0.25) is 9.78 Å². The zero-order chi connectivity index (χ0) is 23.5. The number of halogens is 1. The Morgan fingerprint density at radius 3 is 2.68 bits per heavy atom. The highest BCUT2D eigenvalue weighted by molar-refractivity contribution is 6.02. The van der Waals surface area contributed by atoms with E-state index in [1.165, 1.54) is 19.4 Å². The van der Waals surface area contributed by atoms with Crippen LogP contribution in [0.25, 0.3) is 10.9 Å². The molecule has 1 aliphatic carbocycles. The minimum atomic E-state index is -0.477. The number of rotatable bonds is 6. The molecule has 2 aromatic carbocycles. The molecule has 0 saturated heterocycles. The number of carbonyl (C=O) groups is 1. The number of hydrogen-bond acceptors (Lipinski definition) is 6. The van der Waals surface area contributed by atoms with Gasteiger partial charge in [0.05, 0.1) is 12.8 Å². The molecule has 0 atom stereocenters. The van der Waals surface area contributed by atoms with E-state index in [9.17, 15) is 9.18 Å². The average Bonchev–Trinajstić information content (AvgIpc) is 2.88. The lowest BCUT2D eigenvalue weighted by Crippen LogP contribution is -2.36. The van der Waals surface area contributed by atoms with Crippen molar-refractivity contribution in [1.82, 2.24) is 10.3 Å². The third-order valence-corrected chi connectivity index (χ3v) is 6.56. The summed E-state index contributed by atoms with van der Waals surface area (Å²) in [7, 11) is 1.48. The standard InChI is InChI=1S/C26H28FN3O4/c1-32-19-13-20-22(8-9-28-25(20)21(27)14-19)30-26(31)17-3-5-18(6-4-17)29-15-16-2-7-23-24(12-16)34-11-10-33-23/h2,7-9,12-14,17-18,29H,3-6,10-11,15H2,1H3,(H,28,30,31). The van der Waals surface area contributed by atoms with Crippen LogP contribution in [-0.2, 0) is 11.3 Å². The van der Waals surface area contributed by atoms with Gasteiger partial charge >= 0.3 is 0 Å². The highest BCUT2D eigenvalue weighted by Crippen LogP contribution is 2.32. The fourth-order valence-corrected chi connectivity index (χ4v) is 4.67. The minimum absolute atomic E-state index is 0.0407. The highest BCUT2D eigenvalue weighted by atomic mass is 19.1. The molecule has 178 valence electrons. The minimum Gasteiger partial charge on any atom is -0.497 e. The molecule has 8 heteroatoms. The summed E-state index contributed by atoms with van der Waals surface area (Å²) >= 11 is 0. The van der Waals surface area contributed by atoms with Gasteiger partial charge in [-0.25, -0.2) is 4.39 Å². The third-order valence-electron chi connectivity index (χ3n) is 6.56. The highest BCUT2D eigenvalue weighted by Gasteiger charge is 2.27. The summed E-state index contributed by atoms with van der Waals surface area (Å²) < 4.78 is 30.8. The quantitative estimate of drug-likeness (QED) is 0.560. The van der Waals surface area contributed by atoms with E-state index in [1.54, 1.807) is 12.1 Å². The Bertz CT molecular complexity index is 1190. The molecule has 2 N–H and O–H groups in total. The maximum Gasteiger partial charge on any atom is 0.227 e. The van der Waals surface area contributed by atoms with Crippen molar-refractivity contribution in [2.45, 2.75) is 38.3 Å². The number of aromatic nitrogens is 1. The Morgan fingerprint density at radius 1 is 1.09 bits per heavy atom. The van der Waals surface area contributed by atoms with Crippen LogP contribution in [0.1, 0.15) is 31.2 Å². The number of benzene rings is 2. The van der Waals surface area contributed by atoms with Crippen LogP contribution in [0.3, 0.4) is 0 Å². The molecule has 1 fully saturated rings. The number of ether oxygens (including phenoxy) is 3. The van der Waals surface area contributed by atoms with E-state index < -0.39 is 5.82 Å². The summed E-state index contributed by atoms with van der Waals surface area (Å²) in [6, 6.07) is 11.1. The number of nitrogens with one attached hydrogen (secondary N) is 2. The van der Waals surface area contributed by atoms with E-state index >= 15 is 0 Å². The molecule has 0 unspecified atom stereocenters. The van der Waals surface area contributed by atoms with Crippen molar-refractivity contribution in [3.8, 4) is 17.2 Å². The van der Waals surface area contributed by atoms with Gasteiger partial charge in [0, 0.05) is 36.2 Å². The van der Waals surface area contributed by atoms with E-state index in [0.29, 0.717) is 36.1 Å². The van der Waals surface area contributed by atoms with Crippen molar-refractivity contribution in [2.24, 2.45) is 5.92 Å². The van der Waals surface area contributed by atoms with Crippen molar-refractivity contribution in [1.29, 1.82) is 0 Å². The summed E-state index contributed by atoms with van der Waals surface area (Å²) in [6.07, 6.45) is 4.94. The molecule has 2 aliphatic rings. The zero-order valence-electron chi connectivity index (χ0n) is 19.1. The van der Waals surface area contributed by atoms with Crippen LogP contribution < -0.4 is 24.8 Å². The topological polar surface area (TPSA) is 81.7 Å². The number of fused-ring (bicyclic) bond motifs is 2. The predicted octanol–water partition coefficient (Wildman–Crippen LogP) is 4.44. The molecule has 0 bridgehead atoms. The fourth-order valence-electron chi connectivity index (χ4n) is 4.67. The van der Waals surface area contributed by atoms with Gasteiger partial charge in [-0.05, 0) is 55.5 Å². The van der Waals surface area contributed by atoms with Crippen LogP contribution in [0.15, 0.2) is 42.6 Å². The van der Waals surface area contributed by atoms with Gasteiger partial charge in [0.25, 0.3) is 0 Å². The van der Waals surface area contributed by atoms with Gasteiger partial charge in [0.1, 0.15) is 24.5 Å². The van der Waals surface area contributed by atoms with Crippen LogP contribution in [0.5, 0.6) is 17.2 Å². The summed E-state index contributed by atoms with van der Waals surface area (Å²) in [5, 5.41) is 7.12. The molecule has 1 saturated carbocycles. The number of carbonyl (C=O) groups excluding carboxylic acids is 1. The van der Waals surface area contributed by atoms with Gasteiger partial charge in [-0.1, -0.05) is 6.07 Å². The van der Waals surface area contributed by atoms with E-state index in [-0.39, 0.29) is 17.3 Å². The van der Waals surface area contributed by atoms with Crippen molar-refractivity contribution in [2.75, 3.05) is 25.6 Å². The van der Waals surface area contributed by atoms with Crippen molar-refractivity contribution < 1.29 is 23.4 Å². The molecule has 3 aromatic rings. The second-order valence-corrected chi connectivity index (χ2v) is 8.76. The first-order valence-electron chi connectivity index (χ1n) is 11.7. The van der Waals surface area contributed by atoms with Gasteiger partial charge < -0.3 is 24.8 Å². The van der Waals surface area contributed by atoms with Gasteiger partial charge in [0.15, 0.2) is 17.3 Å². The van der Waals surface area contributed by atoms with E-state index in [2.05, 4.69) is 21.7 Å². The smallest absolute Gasteiger partial charge is 0.227 e. The van der Waals surface area contributed by atoms with E-state index in [4.69, 9.17) is 14.2 Å². The number of anilines is 1. The van der Waals surface area contributed by atoms with Gasteiger partial charge in [0.2, 0.25) is 5.91 Å². The monoisotopic (exact) mass is 465 g/mol. The Labute approximate surface area is 197 Å². The van der Waals surface area contributed by atoms with Gasteiger partial charge in [-0.2, -0.15) is 0 Å². The average molecular weight is 466 g/mol. The molecule has 1 amide bonds. The Morgan fingerprint density at radius 2 is 1.88 bits per heavy atom. The lowest BCUT2D eigenvalue weighted by atomic mass is 9.85. The molecule has 7 nitrogen and oxygen atoms in total. The van der Waals surface area contributed by atoms with Crippen molar-refractivity contribution >= 4 is 22.5 Å². The molecule has 34 heavy (non-hydrogen) atoms. The molecule has 1 aliphatic heterocycles. The predicted molar refractivity (Wildman–Crippen MR) is 127 cm³/mol. The second kappa shape index (κ2) is 9.85. The van der Waals surface area contributed by atoms with Crippen molar-refractivity contribution in [3.05, 3.63) is 54.0 Å². The molecule has 1 aromatic heterocycles. The van der Waals surface area contributed by atoms with Crippen LogP contribution in [0, 0.1) is 11.7 Å². The number of methoxy groups -OCH3 is 1. The maximum atomic E-state index is 14.4. The van der Waals surface area contributed by atoms with Gasteiger partial charge in [-0.15, -0.1) is 0 Å². The summed E-state index contributed by atoms with van der Waals surface area (Å²) in [5.41, 5.74) is 1.91. The maximum absolute atomic E-state index is 14.4. The first kappa shape index (κ1) is 22.4. The number of hydrogen-bond donors (Lipinski definition) is 2. The normalized spacial score (nSPS) is 19.6. The first-order chi connectivity index (χ1) is 16.6. The lowest BCUT2D eigenvalue weighted by molar-refractivity contribution is -0.120. The van der Waals surface area contributed by atoms with Crippen LogP contribution in [0.4, 0.5) is 10.1 Å². The largest absolute Gasteiger partial charge is 0.497 e. The lowest BCUT2D eigenvalue weighted by Gasteiger charge is -2.29. The Kier molecular flexibility index (Phi) is 6.49. The molecule has 0 spiro atoms. The SMILES string of the molecule is COc1cc(F)c2nccc(NC(=O)C3CCC(NCc4ccc5c(c4)OCCO5)CC3)c2c1. The number of pyridine rings is 1. The molecular weight excluding hydrogens is 437 g/mol. The van der Waals surface area contributed by atoms with Crippen molar-refractivity contribution in [3.63, 3.8) is 0 Å². The zero-order valence-corrected chi connectivity index (χ0v) is 19.1. The Hall–Kier alpha value is -3.39. The Balaban J connectivity index is 1.16. The first-order valence-corrected chi connectivity index (χ1v) is 11.7. The molecule has 2 heterocycles. The van der Waals surface area contributed by atoms with E-state index in [1.807, 2.05) is 12.1 Å². The van der Waals surface area contributed by atoms with Crippen LogP contribution in [0.2, 0.25) is 0 Å². The molecule has 5 rings (SSSR count). The summed E-state index contributed by atoms with van der Waals surface area (Å²) in [6.45, 7) is 1.91. The summed E-state index contributed by atoms with van der Waals surface area (Å²) in [5.74, 6) is 1.39. The third kappa shape index (κ3) is 4.77. The van der Waals surface area contributed by atoms with E-state index in [0.717, 1.165) is 49.3 Å².